The van der Waals surface area contributed by atoms with E-state index in [2.05, 4.69) is 25.4 Å². The average molecular weight is 432 g/mol. The first-order valence-electron chi connectivity index (χ1n) is 6.99. The molecule has 1 aliphatic rings. The molecular weight excluding hydrogens is 418 g/mol. The number of esters is 1. The van der Waals surface area contributed by atoms with Crippen LogP contribution >= 0.6 is 27.3 Å². The summed E-state index contributed by atoms with van der Waals surface area (Å²) in [6.07, 6.45) is -0.446. The smallest absolute Gasteiger partial charge is 0.348 e. The molecule has 6 nitrogen and oxygen atoms in total. The predicted molar refractivity (Wildman–Crippen MR) is 92.6 cm³/mol. The number of sulfonamides is 1. The number of methoxy groups -OCH3 is 1. The molecule has 128 valence electrons. The van der Waals surface area contributed by atoms with E-state index in [-0.39, 0.29) is 13.6 Å². The summed E-state index contributed by atoms with van der Waals surface area (Å²) in [6.45, 7) is 0. The summed E-state index contributed by atoms with van der Waals surface area (Å²) in [6, 6.07) is 7.99. The summed E-state index contributed by atoms with van der Waals surface area (Å²) in [5, 5.41) is 10.2. The minimum absolute atomic E-state index is 0.0283. The Labute approximate surface area is 151 Å². The van der Waals surface area contributed by atoms with E-state index in [0.29, 0.717) is 6.42 Å². The topological polar surface area (TPSA) is 92.7 Å². The third kappa shape index (κ3) is 3.14. The molecule has 1 aromatic carbocycles. The van der Waals surface area contributed by atoms with Crippen LogP contribution in [0.15, 0.2) is 39.0 Å². The number of carbonyl (C=O) groups is 1. The quantitative estimate of drug-likeness (QED) is 0.723. The molecule has 3 rings (SSSR count). The molecule has 2 aromatic rings. The molecule has 9 heteroatoms. The summed E-state index contributed by atoms with van der Waals surface area (Å²) in [7, 11) is -2.69. The van der Waals surface area contributed by atoms with Gasteiger partial charge in [-0.1, -0.05) is 24.3 Å². The van der Waals surface area contributed by atoms with Crippen molar-refractivity contribution in [2.75, 3.05) is 7.11 Å². The van der Waals surface area contributed by atoms with E-state index >= 15 is 0 Å². The first kappa shape index (κ1) is 17.6. The molecule has 0 spiro atoms. The van der Waals surface area contributed by atoms with Crippen LogP contribution in [-0.2, 0) is 21.2 Å². The SMILES string of the molecule is COC(=O)c1cc(Br)c(S(=O)(=O)N[C@H]2c3ccccc3C[C@@H]2O)s1. The molecule has 1 aromatic heterocycles. The maximum Gasteiger partial charge on any atom is 0.348 e. The minimum atomic E-state index is -3.92. The molecule has 2 atom stereocenters. The molecule has 0 unspecified atom stereocenters. The van der Waals surface area contributed by atoms with Gasteiger partial charge in [0.1, 0.15) is 9.09 Å². The first-order valence-corrected chi connectivity index (χ1v) is 10.1. The molecule has 0 aliphatic heterocycles. The Kier molecular flexibility index (Phi) is 4.80. The zero-order valence-electron chi connectivity index (χ0n) is 12.5. The van der Waals surface area contributed by atoms with Gasteiger partial charge in [-0.25, -0.2) is 17.9 Å². The third-order valence-corrected chi connectivity index (χ3v) is 8.01. The van der Waals surface area contributed by atoms with Crippen LogP contribution in [0.4, 0.5) is 0 Å². The van der Waals surface area contributed by atoms with Crippen molar-refractivity contribution < 1.29 is 23.1 Å². The number of aliphatic hydroxyl groups excluding tert-OH is 1. The van der Waals surface area contributed by atoms with Crippen molar-refractivity contribution in [1.82, 2.24) is 4.72 Å². The summed E-state index contributed by atoms with van der Waals surface area (Å²) >= 11 is 3.98. The number of hydrogen-bond acceptors (Lipinski definition) is 6. The van der Waals surface area contributed by atoms with E-state index in [1.165, 1.54) is 13.2 Å². The zero-order chi connectivity index (χ0) is 17.5. The van der Waals surface area contributed by atoms with Crippen molar-refractivity contribution in [3.8, 4) is 0 Å². The Hall–Kier alpha value is -1.26. The second-order valence-corrected chi connectivity index (χ2v) is 9.12. The van der Waals surface area contributed by atoms with Crippen LogP contribution in [0.1, 0.15) is 26.8 Å². The fraction of sp³-hybridized carbons (Fsp3) is 0.267. The largest absolute Gasteiger partial charge is 0.465 e. The number of benzene rings is 1. The Morgan fingerprint density at radius 3 is 2.83 bits per heavy atom. The number of fused-ring (bicyclic) bond motifs is 1. The van der Waals surface area contributed by atoms with E-state index in [0.717, 1.165) is 22.5 Å². The Morgan fingerprint density at radius 1 is 1.42 bits per heavy atom. The molecule has 1 heterocycles. The van der Waals surface area contributed by atoms with Crippen molar-refractivity contribution in [3.05, 3.63) is 50.8 Å². The summed E-state index contributed by atoms with van der Waals surface area (Å²) < 4.78 is 32.8. The lowest BCUT2D eigenvalue weighted by molar-refractivity contribution is 0.0606. The maximum absolute atomic E-state index is 12.7. The summed E-state index contributed by atoms with van der Waals surface area (Å²) in [4.78, 5) is 11.8. The van der Waals surface area contributed by atoms with Crippen molar-refractivity contribution >= 4 is 43.3 Å². The van der Waals surface area contributed by atoms with E-state index < -0.39 is 28.1 Å². The van der Waals surface area contributed by atoms with Crippen LogP contribution in [0.5, 0.6) is 0 Å². The van der Waals surface area contributed by atoms with Crippen molar-refractivity contribution in [1.29, 1.82) is 0 Å². The van der Waals surface area contributed by atoms with Gasteiger partial charge in [0.25, 0.3) is 10.0 Å². The van der Waals surface area contributed by atoms with Gasteiger partial charge >= 0.3 is 5.97 Å². The number of halogens is 1. The van der Waals surface area contributed by atoms with Gasteiger partial charge < -0.3 is 9.84 Å². The molecule has 0 bridgehead atoms. The van der Waals surface area contributed by atoms with Crippen LogP contribution in [0, 0.1) is 0 Å². The van der Waals surface area contributed by atoms with E-state index in [4.69, 9.17) is 0 Å². The zero-order valence-corrected chi connectivity index (χ0v) is 15.7. The molecule has 1 aliphatic carbocycles. The lowest BCUT2D eigenvalue weighted by atomic mass is 10.1. The van der Waals surface area contributed by atoms with Gasteiger partial charge in [0, 0.05) is 10.9 Å². The van der Waals surface area contributed by atoms with Gasteiger partial charge in [-0.2, -0.15) is 0 Å². The van der Waals surface area contributed by atoms with Crippen LogP contribution in [0.2, 0.25) is 0 Å². The van der Waals surface area contributed by atoms with Gasteiger partial charge in [-0.3, -0.25) is 0 Å². The van der Waals surface area contributed by atoms with Gasteiger partial charge in [-0.15, -0.1) is 11.3 Å². The standard InChI is InChI=1S/C15H14BrNO5S2/c1-22-14(19)12-7-10(16)15(23-12)24(20,21)17-13-9-5-3-2-4-8(9)6-11(13)18/h2-5,7,11,13,17-18H,6H2,1H3/t11-,13-/m0/s1. The number of nitrogens with one attached hydrogen (secondary N) is 1. The molecule has 0 amide bonds. The van der Waals surface area contributed by atoms with E-state index in [9.17, 15) is 18.3 Å². The van der Waals surface area contributed by atoms with Crippen LogP contribution in [0.3, 0.4) is 0 Å². The highest BCUT2D eigenvalue weighted by atomic mass is 79.9. The highest BCUT2D eigenvalue weighted by Gasteiger charge is 2.35. The maximum atomic E-state index is 12.7. The van der Waals surface area contributed by atoms with Gasteiger partial charge in [0.2, 0.25) is 0 Å². The molecule has 24 heavy (non-hydrogen) atoms. The number of rotatable bonds is 4. The molecule has 0 saturated heterocycles. The number of carbonyl (C=O) groups excluding carboxylic acids is 1. The fourth-order valence-corrected chi connectivity index (χ4v) is 6.53. The Balaban J connectivity index is 1.93. The van der Waals surface area contributed by atoms with Crippen molar-refractivity contribution in [2.45, 2.75) is 22.8 Å². The number of hydrogen-bond donors (Lipinski definition) is 2. The van der Waals surface area contributed by atoms with E-state index in [1.807, 2.05) is 12.1 Å². The lowest BCUT2D eigenvalue weighted by Crippen LogP contribution is -2.33. The molecule has 0 fully saturated rings. The second kappa shape index (κ2) is 6.57. The summed E-state index contributed by atoms with van der Waals surface area (Å²) in [5.41, 5.74) is 1.67. The monoisotopic (exact) mass is 431 g/mol. The Bertz CT molecular complexity index is 893. The van der Waals surface area contributed by atoms with Gasteiger partial charge in [0.05, 0.1) is 19.3 Å². The van der Waals surface area contributed by atoms with Crippen LogP contribution in [0.25, 0.3) is 0 Å². The normalized spacial score (nSPS) is 20.0. The lowest BCUT2D eigenvalue weighted by Gasteiger charge is -2.17. The number of aliphatic hydroxyl groups is 1. The van der Waals surface area contributed by atoms with Crippen LogP contribution < -0.4 is 4.72 Å². The Morgan fingerprint density at radius 2 is 2.12 bits per heavy atom. The third-order valence-electron chi connectivity index (χ3n) is 3.77. The molecule has 0 radical (unpaired) electrons. The first-order chi connectivity index (χ1) is 11.3. The molecule has 2 N–H and O–H groups in total. The van der Waals surface area contributed by atoms with Crippen LogP contribution in [-0.4, -0.2) is 32.7 Å². The fourth-order valence-electron chi connectivity index (χ4n) is 2.67. The molecular formula is C15H14BrNO5S2. The number of ether oxygens (including phenoxy) is 1. The second-order valence-electron chi connectivity index (χ2n) is 5.31. The van der Waals surface area contributed by atoms with E-state index in [1.54, 1.807) is 12.1 Å². The van der Waals surface area contributed by atoms with Crippen molar-refractivity contribution in [3.63, 3.8) is 0 Å². The van der Waals surface area contributed by atoms with Gasteiger partial charge in [0.15, 0.2) is 0 Å². The highest BCUT2D eigenvalue weighted by Crippen LogP contribution is 2.36. The van der Waals surface area contributed by atoms with Crippen molar-refractivity contribution in [2.24, 2.45) is 0 Å². The minimum Gasteiger partial charge on any atom is -0.465 e. The highest BCUT2D eigenvalue weighted by molar-refractivity contribution is 9.10. The number of thiophene rings is 1. The predicted octanol–water partition coefficient (Wildman–Crippen LogP) is 2.23. The average Bonchev–Trinajstić information content (AvgIpc) is 3.08. The molecule has 0 saturated carbocycles. The summed E-state index contributed by atoms with van der Waals surface area (Å²) in [5.74, 6) is -0.603. The van der Waals surface area contributed by atoms with Gasteiger partial charge in [-0.05, 0) is 33.1 Å².